The van der Waals surface area contributed by atoms with E-state index < -0.39 is 18.2 Å². The van der Waals surface area contributed by atoms with Crippen molar-refractivity contribution in [1.82, 2.24) is 0 Å². The van der Waals surface area contributed by atoms with Crippen LogP contribution in [0.5, 0.6) is 0 Å². The van der Waals surface area contributed by atoms with E-state index in [0.717, 1.165) is 12.2 Å². The van der Waals surface area contributed by atoms with Crippen molar-refractivity contribution in [2.24, 2.45) is 0 Å². The zero-order chi connectivity index (χ0) is 10.3. The molecule has 0 spiro atoms. The van der Waals surface area contributed by atoms with Crippen LogP contribution in [0.15, 0.2) is 12.2 Å². The minimum absolute atomic E-state index is 0.486. The molecule has 0 aromatic heterocycles. The molecule has 0 aliphatic rings. The lowest BCUT2D eigenvalue weighted by atomic mass is 10.5. The molecule has 0 aliphatic carbocycles. The smallest absolute Gasteiger partial charge is 0.305 e. The lowest BCUT2D eigenvalue weighted by Gasteiger charge is -2.11. The van der Waals surface area contributed by atoms with Crippen LogP contribution >= 0.6 is 0 Å². The fraction of sp³-hybridized carbons (Fsp3) is 0.375. The number of esters is 2. The van der Waals surface area contributed by atoms with Crippen LogP contribution in [-0.2, 0) is 23.9 Å². The monoisotopic (exact) mass is 186 g/mol. The summed E-state index contributed by atoms with van der Waals surface area (Å²) in [5.41, 5.74) is 0. The van der Waals surface area contributed by atoms with Crippen LogP contribution in [-0.4, -0.2) is 24.5 Å². The van der Waals surface area contributed by atoms with Crippen LogP contribution in [0.3, 0.4) is 0 Å². The Balaban J connectivity index is 4.17. The molecule has 0 fully saturated rings. The first-order valence-electron chi connectivity index (χ1n) is 3.52. The van der Waals surface area contributed by atoms with E-state index in [9.17, 15) is 14.4 Å². The number of aldehydes is 1. The van der Waals surface area contributed by atoms with E-state index >= 15 is 0 Å². The number of rotatable bonds is 4. The third kappa shape index (κ3) is 6.74. The van der Waals surface area contributed by atoms with Crippen molar-refractivity contribution in [2.45, 2.75) is 20.1 Å². The molecular formula is C8H10O5. The Kier molecular flexibility index (Phi) is 5.18. The molecule has 0 atom stereocenters. The Morgan fingerprint density at radius 2 is 1.62 bits per heavy atom. The molecule has 0 N–H and O–H groups in total. The number of ether oxygens (including phenoxy) is 2. The van der Waals surface area contributed by atoms with Crippen LogP contribution in [0, 0.1) is 0 Å². The van der Waals surface area contributed by atoms with E-state index in [1.54, 1.807) is 0 Å². The van der Waals surface area contributed by atoms with E-state index in [1.165, 1.54) is 13.8 Å². The third-order valence-corrected chi connectivity index (χ3v) is 0.911. The van der Waals surface area contributed by atoms with Gasteiger partial charge >= 0.3 is 11.9 Å². The van der Waals surface area contributed by atoms with Gasteiger partial charge in [-0.2, -0.15) is 0 Å². The molecule has 72 valence electrons. The SMILES string of the molecule is CC(=O)OC(C=CC=O)OC(C)=O. The quantitative estimate of drug-likeness (QED) is 0.271. The summed E-state index contributed by atoms with van der Waals surface area (Å²) in [5, 5.41) is 0. The van der Waals surface area contributed by atoms with Crippen molar-refractivity contribution in [2.75, 3.05) is 0 Å². The highest BCUT2D eigenvalue weighted by atomic mass is 16.7. The predicted octanol–water partition coefficient (Wildman–Crippen LogP) is 0.194. The summed E-state index contributed by atoms with van der Waals surface area (Å²) >= 11 is 0. The number of carbonyl (C=O) groups is 3. The average Bonchev–Trinajstić information content (AvgIpc) is 1.98. The Morgan fingerprint density at radius 1 is 1.15 bits per heavy atom. The fourth-order valence-corrected chi connectivity index (χ4v) is 0.566. The van der Waals surface area contributed by atoms with Gasteiger partial charge in [0.05, 0.1) is 0 Å². The molecule has 0 unspecified atom stereocenters. The van der Waals surface area contributed by atoms with E-state index in [0.29, 0.717) is 6.29 Å². The Morgan fingerprint density at radius 3 is 1.92 bits per heavy atom. The number of allylic oxidation sites excluding steroid dienone is 1. The molecule has 0 saturated heterocycles. The molecule has 5 nitrogen and oxygen atoms in total. The highest BCUT2D eigenvalue weighted by Gasteiger charge is 2.10. The third-order valence-electron chi connectivity index (χ3n) is 0.911. The van der Waals surface area contributed by atoms with Crippen molar-refractivity contribution in [3.8, 4) is 0 Å². The lowest BCUT2D eigenvalue weighted by molar-refractivity contribution is -0.176. The van der Waals surface area contributed by atoms with Crippen LogP contribution in [0.4, 0.5) is 0 Å². The number of hydrogen-bond acceptors (Lipinski definition) is 5. The molecule has 0 aromatic rings. The van der Waals surface area contributed by atoms with Crippen molar-refractivity contribution < 1.29 is 23.9 Å². The first-order valence-corrected chi connectivity index (χ1v) is 3.52. The maximum atomic E-state index is 10.5. The van der Waals surface area contributed by atoms with E-state index in [-0.39, 0.29) is 0 Å². The lowest BCUT2D eigenvalue weighted by Crippen LogP contribution is -2.20. The fourth-order valence-electron chi connectivity index (χ4n) is 0.566. The molecule has 0 amide bonds. The normalized spacial score (nSPS) is 10.1. The standard InChI is InChI=1S/C8H10O5/c1-6(10)12-8(4-3-5-9)13-7(2)11/h3-5,8H,1-2H3. The maximum Gasteiger partial charge on any atom is 0.305 e. The summed E-state index contributed by atoms with van der Waals surface area (Å²) in [4.78, 5) is 30.8. The molecule has 0 bridgehead atoms. The second-order valence-corrected chi connectivity index (χ2v) is 2.11. The summed E-state index contributed by atoms with van der Waals surface area (Å²) in [6.45, 7) is 2.34. The summed E-state index contributed by atoms with van der Waals surface area (Å²) in [6, 6.07) is 0. The Labute approximate surface area is 75.3 Å². The number of carbonyl (C=O) groups excluding carboxylic acids is 3. The highest BCUT2D eigenvalue weighted by molar-refractivity contribution is 5.69. The van der Waals surface area contributed by atoms with Crippen LogP contribution in [0.25, 0.3) is 0 Å². The predicted molar refractivity (Wildman–Crippen MR) is 42.5 cm³/mol. The van der Waals surface area contributed by atoms with Gasteiger partial charge in [0.15, 0.2) is 0 Å². The topological polar surface area (TPSA) is 69.7 Å². The molecule has 0 heterocycles. The molecular weight excluding hydrogens is 176 g/mol. The van der Waals surface area contributed by atoms with Crippen LogP contribution in [0.2, 0.25) is 0 Å². The summed E-state index contributed by atoms with van der Waals surface area (Å²) in [5.74, 6) is -1.19. The molecule has 0 radical (unpaired) electrons. The highest BCUT2D eigenvalue weighted by Crippen LogP contribution is 1.98. The molecule has 0 saturated carbocycles. The maximum absolute atomic E-state index is 10.5. The minimum atomic E-state index is -1.12. The van der Waals surface area contributed by atoms with Gasteiger partial charge in [0, 0.05) is 13.8 Å². The van der Waals surface area contributed by atoms with Crippen molar-refractivity contribution in [3.63, 3.8) is 0 Å². The molecule has 13 heavy (non-hydrogen) atoms. The largest absolute Gasteiger partial charge is 0.421 e. The summed E-state index contributed by atoms with van der Waals surface area (Å²) in [6.07, 6.45) is 1.60. The van der Waals surface area contributed by atoms with Gasteiger partial charge in [-0.15, -0.1) is 0 Å². The van der Waals surface area contributed by atoms with Gasteiger partial charge < -0.3 is 9.47 Å². The van der Waals surface area contributed by atoms with Gasteiger partial charge in [-0.05, 0) is 12.2 Å². The van der Waals surface area contributed by atoms with Gasteiger partial charge in [-0.3, -0.25) is 14.4 Å². The van der Waals surface area contributed by atoms with Gasteiger partial charge in [-0.1, -0.05) is 0 Å². The summed E-state index contributed by atoms with van der Waals surface area (Å²) < 4.78 is 9.07. The second-order valence-electron chi connectivity index (χ2n) is 2.11. The first-order chi connectivity index (χ1) is 6.06. The average molecular weight is 186 g/mol. The zero-order valence-electron chi connectivity index (χ0n) is 7.35. The van der Waals surface area contributed by atoms with E-state index in [2.05, 4.69) is 9.47 Å². The van der Waals surface area contributed by atoms with E-state index in [1.807, 2.05) is 0 Å². The van der Waals surface area contributed by atoms with Crippen molar-refractivity contribution in [1.29, 1.82) is 0 Å². The van der Waals surface area contributed by atoms with Crippen molar-refractivity contribution >= 4 is 18.2 Å². The van der Waals surface area contributed by atoms with Gasteiger partial charge in [0.2, 0.25) is 0 Å². The Bertz CT molecular complexity index is 215. The second kappa shape index (κ2) is 5.93. The van der Waals surface area contributed by atoms with E-state index in [4.69, 9.17) is 0 Å². The molecule has 0 aromatic carbocycles. The van der Waals surface area contributed by atoms with Crippen LogP contribution in [0.1, 0.15) is 13.8 Å². The van der Waals surface area contributed by atoms with Crippen LogP contribution < -0.4 is 0 Å². The number of hydrogen-bond donors (Lipinski definition) is 0. The molecule has 5 heteroatoms. The van der Waals surface area contributed by atoms with Gasteiger partial charge in [0.1, 0.15) is 6.29 Å². The molecule has 0 rings (SSSR count). The van der Waals surface area contributed by atoms with Gasteiger partial charge in [0.25, 0.3) is 6.29 Å². The summed E-state index contributed by atoms with van der Waals surface area (Å²) in [7, 11) is 0. The minimum Gasteiger partial charge on any atom is -0.421 e. The zero-order valence-corrected chi connectivity index (χ0v) is 7.35. The van der Waals surface area contributed by atoms with Gasteiger partial charge in [-0.25, -0.2) is 0 Å². The Hall–Kier alpha value is -1.65. The molecule has 0 aliphatic heterocycles. The first kappa shape index (κ1) is 11.4. The van der Waals surface area contributed by atoms with Crippen molar-refractivity contribution in [3.05, 3.63) is 12.2 Å².